The quantitative estimate of drug-likeness (QED) is 0.826. The summed E-state index contributed by atoms with van der Waals surface area (Å²) in [6.07, 6.45) is 0.668. The maximum atomic E-state index is 11.3. The first kappa shape index (κ1) is 14.5. The number of benzene rings is 1. The molecule has 0 heterocycles. The first-order valence-electron chi connectivity index (χ1n) is 4.72. The van der Waals surface area contributed by atoms with Crippen molar-refractivity contribution in [2.24, 2.45) is 0 Å². The molecule has 1 rings (SSSR count). The van der Waals surface area contributed by atoms with Gasteiger partial charge in [0.25, 0.3) is 0 Å². The fourth-order valence-corrected chi connectivity index (χ4v) is 1.95. The first-order valence-corrected chi connectivity index (χ1v) is 5.89. The van der Waals surface area contributed by atoms with Gasteiger partial charge >= 0.3 is 12.1 Å². The van der Waals surface area contributed by atoms with Gasteiger partial charge in [-0.25, -0.2) is 9.59 Å². The lowest BCUT2D eigenvalue weighted by atomic mass is 10.2. The Bertz CT molecular complexity index is 504. The van der Waals surface area contributed by atoms with Crippen LogP contribution < -0.4 is 5.32 Å². The van der Waals surface area contributed by atoms with Gasteiger partial charge in [0, 0.05) is 4.47 Å². The van der Waals surface area contributed by atoms with Crippen molar-refractivity contribution >= 4 is 45.3 Å². The SMILES string of the molecule is C=CCOC(=O)Nc1cc(C(=O)O)c(Br)cc1Cl. The van der Waals surface area contributed by atoms with Crippen LogP contribution in [0.15, 0.2) is 29.3 Å². The third kappa shape index (κ3) is 3.75. The number of hydrogen-bond acceptors (Lipinski definition) is 3. The van der Waals surface area contributed by atoms with E-state index in [1.54, 1.807) is 0 Å². The zero-order valence-electron chi connectivity index (χ0n) is 9.07. The number of hydrogen-bond donors (Lipinski definition) is 2. The lowest BCUT2D eigenvalue weighted by Crippen LogP contribution is -2.14. The van der Waals surface area contributed by atoms with Crippen molar-refractivity contribution in [3.05, 3.63) is 39.8 Å². The number of ether oxygens (including phenoxy) is 1. The topological polar surface area (TPSA) is 75.6 Å². The smallest absolute Gasteiger partial charge is 0.411 e. The second kappa shape index (κ2) is 6.42. The molecule has 1 amide bonds. The molecule has 0 aliphatic heterocycles. The molecular formula is C11H9BrClNO4. The van der Waals surface area contributed by atoms with Crippen LogP contribution in [0.25, 0.3) is 0 Å². The molecule has 0 aromatic heterocycles. The molecule has 0 spiro atoms. The van der Waals surface area contributed by atoms with Gasteiger partial charge in [-0.2, -0.15) is 0 Å². The average molecular weight is 335 g/mol. The number of carboxylic acid groups (broad SMARTS) is 1. The molecular weight excluding hydrogens is 325 g/mol. The highest BCUT2D eigenvalue weighted by Crippen LogP contribution is 2.29. The Hall–Kier alpha value is -1.53. The molecule has 96 valence electrons. The molecule has 0 aliphatic rings. The predicted octanol–water partition coefficient (Wildman–Crippen LogP) is 3.54. The van der Waals surface area contributed by atoms with Crippen LogP contribution in [-0.2, 0) is 4.74 Å². The van der Waals surface area contributed by atoms with Gasteiger partial charge < -0.3 is 9.84 Å². The molecule has 0 atom stereocenters. The number of anilines is 1. The van der Waals surface area contributed by atoms with E-state index >= 15 is 0 Å². The molecule has 0 saturated carbocycles. The summed E-state index contributed by atoms with van der Waals surface area (Å²) in [6, 6.07) is 2.62. The van der Waals surface area contributed by atoms with Gasteiger partial charge in [0.2, 0.25) is 0 Å². The van der Waals surface area contributed by atoms with Crippen molar-refractivity contribution in [1.82, 2.24) is 0 Å². The Morgan fingerprint density at radius 2 is 2.22 bits per heavy atom. The molecule has 1 aromatic rings. The minimum Gasteiger partial charge on any atom is -0.478 e. The van der Waals surface area contributed by atoms with E-state index in [4.69, 9.17) is 21.4 Å². The predicted molar refractivity (Wildman–Crippen MR) is 71.3 cm³/mol. The number of amides is 1. The summed E-state index contributed by atoms with van der Waals surface area (Å²) in [6.45, 7) is 3.44. The minimum absolute atomic E-state index is 0.0154. The van der Waals surface area contributed by atoms with Gasteiger partial charge in [0.1, 0.15) is 6.61 Å². The van der Waals surface area contributed by atoms with Gasteiger partial charge in [0.05, 0.1) is 16.3 Å². The molecule has 5 nitrogen and oxygen atoms in total. The Balaban J connectivity index is 2.95. The number of carbonyl (C=O) groups is 2. The molecule has 0 saturated heterocycles. The number of rotatable bonds is 4. The van der Waals surface area contributed by atoms with Crippen molar-refractivity contribution in [2.45, 2.75) is 0 Å². The van der Waals surface area contributed by atoms with E-state index in [9.17, 15) is 9.59 Å². The zero-order valence-corrected chi connectivity index (χ0v) is 11.4. The lowest BCUT2D eigenvalue weighted by Gasteiger charge is -2.09. The third-order valence-electron chi connectivity index (χ3n) is 1.86. The fraction of sp³-hybridized carbons (Fsp3) is 0.0909. The highest BCUT2D eigenvalue weighted by molar-refractivity contribution is 9.10. The van der Waals surface area contributed by atoms with Crippen LogP contribution in [0.3, 0.4) is 0 Å². The maximum absolute atomic E-state index is 11.3. The Kier molecular flexibility index (Phi) is 5.18. The van der Waals surface area contributed by atoms with Gasteiger partial charge in [-0.05, 0) is 28.1 Å². The number of aromatic carboxylic acids is 1. The van der Waals surface area contributed by atoms with Crippen molar-refractivity contribution in [3.63, 3.8) is 0 Å². The van der Waals surface area contributed by atoms with Gasteiger partial charge in [-0.3, -0.25) is 5.32 Å². The molecule has 0 radical (unpaired) electrons. The summed E-state index contributed by atoms with van der Waals surface area (Å²) in [5, 5.41) is 11.5. The van der Waals surface area contributed by atoms with Crippen molar-refractivity contribution < 1.29 is 19.4 Å². The Morgan fingerprint density at radius 3 is 2.78 bits per heavy atom. The van der Waals surface area contributed by atoms with Crippen LogP contribution in [0, 0.1) is 0 Å². The number of nitrogens with one attached hydrogen (secondary N) is 1. The van der Waals surface area contributed by atoms with Crippen LogP contribution in [-0.4, -0.2) is 23.8 Å². The van der Waals surface area contributed by atoms with Gasteiger partial charge in [-0.15, -0.1) is 0 Å². The van der Waals surface area contributed by atoms with E-state index < -0.39 is 12.1 Å². The summed E-state index contributed by atoms with van der Waals surface area (Å²) in [4.78, 5) is 22.2. The Morgan fingerprint density at radius 1 is 1.56 bits per heavy atom. The summed E-state index contributed by atoms with van der Waals surface area (Å²) in [7, 11) is 0. The second-order valence-electron chi connectivity index (χ2n) is 3.13. The molecule has 2 N–H and O–H groups in total. The van der Waals surface area contributed by atoms with Crippen LogP contribution in [0.4, 0.5) is 10.5 Å². The summed E-state index contributed by atoms with van der Waals surface area (Å²) < 4.78 is 5.02. The summed E-state index contributed by atoms with van der Waals surface area (Å²) >= 11 is 8.94. The zero-order chi connectivity index (χ0) is 13.7. The fourth-order valence-electron chi connectivity index (χ4n) is 1.09. The molecule has 7 heteroatoms. The lowest BCUT2D eigenvalue weighted by molar-refractivity contribution is 0.0696. The molecule has 1 aromatic carbocycles. The van der Waals surface area contributed by atoms with Crippen molar-refractivity contribution in [1.29, 1.82) is 0 Å². The third-order valence-corrected chi connectivity index (χ3v) is 2.82. The van der Waals surface area contributed by atoms with Crippen LogP contribution in [0.5, 0.6) is 0 Å². The largest absolute Gasteiger partial charge is 0.478 e. The van der Waals surface area contributed by atoms with Crippen molar-refractivity contribution in [2.75, 3.05) is 11.9 Å². The summed E-state index contributed by atoms with van der Waals surface area (Å²) in [5.74, 6) is -1.14. The minimum atomic E-state index is -1.14. The van der Waals surface area contributed by atoms with E-state index in [0.717, 1.165) is 0 Å². The molecule has 0 unspecified atom stereocenters. The normalized spacial score (nSPS) is 9.67. The molecule has 0 fully saturated rings. The summed E-state index contributed by atoms with van der Waals surface area (Å²) in [5.41, 5.74) is 0.143. The van der Waals surface area contributed by atoms with Gasteiger partial charge in [-0.1, -0.05) is 24.3 Å². The molecule has 0 bridgehead atoms. The van der Waals surface area contributed by atoms with Crippen LogP contribution in [0.1, 0.15) is 10.4 Å². The van der Waals surface area contributed by atoms with Crippen LogP contribution >= 0.6 is 27.5 Å². The molecule has 0 aliphatic carbocycles. The van der Waals surface area contributed by atoms with E-state index in [0.29, 0.717) is 4.47 Å². The van der Waals surface area contributed by atoms with E-state index in [1.165, 1.54) is 18.2 Å². The van der Waals surface area contributed by atoms with E-state index in [2.05, 4.69) is 27.8 Å². The number of carboxylic acids is 1. The molecule has 18 heavy (non-hydrogen) atoms. The number of halogens is 2. The highest BCUT2D eigenvalue weighted by Gasteiger charge is 2.14. The maximum Gasteiger partial charge on any atom is 0.411 e. The van der Waals surface area contributed by atoms with Crippen molar-refractivity contribution in [3.8, 4) is 0 Å². The monoisotopic (exact) mass is 333 g/mol. The van der Waals surface area contributed by atoms with E-state index in [-0.39, 0.29) is 22.9 Å². The highest BCUT2D eigenvalue weighted by atomic mass is 79.9. The Labute approximate surface area is 117 Å². The standard InChI is InChI=1S/C11H9BrClNO4/c1-2-3-18-11(17)14-9-4-6(10(15)16)7(12)5-8(9)13/h2,4-5H,1,3H2,(H,14,17)(H,15,16). The van der Waals surface area contributed by atoms with E-state index in [1.807, 2.05) is 0 Å². The number of carbonyl (C=O) groups excluding carboxylic acids is 1. The van der Waals surface area contributed by atoms with Crippen LogP contribution in [0.2, 0.25) is 5.02 Å². The first-order chi connectivity index (χ1) is 8.45. The second-order valence-corrected chi connectivity index (χ2v) is 4.39. The van der Waals surface area contributed by atoms with Gasteiger partial charge in [0.15, 0.2) is 0 Å². The average Bonchev–Trinajstić information content (AvgIpc) is 2.29.